The quantitative estimate of drug-likeness (QED) is 0.505. The summed E-state index contributed by atoms with van der Waals surface area (Å²) in [6.45, 7) is 6.12. The lowest BCUT2D eigenvalue weighted by Gasteiger charge is -2.33. The molecular weight excluding hydrogens is 458 g/mol. The molecule has 0 unspecified atom stereocenters. The van der Waals surface area contributed by atoms with E-state index in [1.54, 1.807) is 12.1 Å². The Balaban J connectivity index is 1.55. The predicted molar refractivity (Wildman–Crippen MR) is 133 cm³/mol. The second-order valence-corrected chi connectivity index (χ2v) is 9.71. The van der Waals surface area contributed by atoms with Crippen molar-refractivity contribution in [2.75, 3.05) is 23.7 Å². The van der Waals surface area contributed by atoms with Crippen molar-refractivity contribution in [2.24, 2.45) is 5.92 Å². The van der Waals surface area contributed by atoms with E-state index in [2.05, 4.69) is 39.3 Å². The molecule has 0 aliphatic carbocycles. The van der Waals surface area contributed by atoms with Gasteiger partial charge in [-0.3, -0.25) is 9.59 Å². The fourth-order valence-corrected chi connectivity index (χ4v) is 4.86. The van der Waals surface area contributed by atoms with Crippen molar-refractivity contribution in [3.63, 3.8) is 0 Å². The molecule has 2 amide bonds. The molecule has 0 spiro atoms. The van der Waals surface area contributed by atoms with Gasteiger partial charge in [0.2, 0.25) is 5.91 Å². The molecule has 9 heteroatoms. The highest BCUT2D eigenvalue weighted by Gasteiger charge is 2.28. The van der Waals surface area contributed by atoms with Crippen molar-refractivity contribution >= 4 is 45.6 Å². The summed E-state index contributed by atoms with van der Waals surface area (Å²) >= 11 is 7.18. The fourth-order valence-electron chi connectivity index (χ4n) is 3.78. The van der Waals surface area contributed by atoms with Crippen LogP contribution in [0.1, 0.15) is 37.2 Å². The number of likely N-dealkylation sites (tertiary alicyclic amines) is 1. The topological polar surface area (TPSA) is 87.2 Å². The molecule has 0 saturated carbocycles. The minimum absolute atomic E-state index is 0.0691. The maximum Gasteiger partial charge on any atom is 0.278 e. The first-order valence-electron chi connectivity index (χ1n) is 10.9. The van der Waals surface area contributed by atoms with Gasteiger partial charge in [0, 0.05) is 23.7 Å². The van der Waals surface area contributed by atoms with Crippen LogP contribution < -0.4 is 10.6 Å². The molecule has 2 aromatic heterocycles. The largest absolute Gasteiger partial charge is 0.315 e. The molecule has 4 rings (SSSR count). The van der Waals surface area contributed by atoms with Gasteiger partial charge in [-0.1, -0.05) is 53.3 Å². The molecule has 0 bridgehead atoms. The normalized spacial score (nSPS) is 14.9. The van der Waals surface area contributed by atoms with Crippen LogP contribution in [-0.2, 0) is 4.79 Å². The summed E-state index contributed by atoms with van der Waals surface area (Å²) in [5.74, 6) is -0.235. The summed E-state index contributed by atoms with van der Waals surface area (Å²) in [5, 5.41) is 7.31. The molecule has 1 aromatic carbocycles. The summed E-state index contributed by atoms with van der Waals surface area (Å²) < 4.78 is 0. The van der Waals surface area contributed by atoms with E-state index < -0.39 is 5.91 Å². The van der Waals surface area contributed by atoms with E-state index in [1.807, 2.05) is 30.3 Å². The van der Waals surface area contributed by atoms with Crippen molar-refractivity contribution < 1.29 is 9.59 Å². The molecule has 1 aliphatic rings. The molecule has 7 nitrogen and oxygen atoms in total. The Hall–Kier alpha value is -2.81. The van der Waals surface area contributed by atoms with Crippen LogP contribution in [0.15, 0.2) is 48.7 Å². The molecule has 1 saturated heterocycles. The third-order valence-corrected chi connectivity index (χ3v) is 6.94. The zero-order chi connectivity index (χ0) is 23.4. The zero-order valence-corrected chi connectivity index (χ0v) is 20.1. The van der Waals surface area contributed by atoms with Gasteiger partial charge in [-0.2, -0.15) is 0 Å². The highest BCUT2D eigenvalue weighted by Crippen LogP contribution is 2.33. The first kappa shape index (κ1) is 23.4. The number of hydrogen-bond acceptors (Lipinski definition) is 6. The summed E-state index contributed by atoms with van der Waals surface area (Å²) in [6.07, 6.45) is 3.05. The van der Waals surface area contributed by atoms with Gasteiger partial charge in [0.1, 0.15) is 15.8 Å². The Bertz CT molecular complexity index is 1110. The monoisotopic (exact) mass is 483 g/mol. The number of benzene rings is 1. The molecule has 1 aliphatic heterocycles. The first-order chi connectivity index (χ1) is 15.9. The standard InChI is InChI=1S/C24H26ClN5O2S/c1-15(2)30-12-10-16(11-13-30)21(31)29-24-20(22(32)27-19-9-8-18(25)14-26-19)28-23(33-24)17-6-4-3-5-7-17/h3-9,14-16H,10-13H2,1-2H3,(H,29,31)(H,26,27,32). The minimum atomic E-state index is -0.437. The van der Waals surface area contributed by atoms with E-state index in [0.29, 0.717) is 26.9 Å². The maximum absolute atomic E-state index is 13.1. The lowest BCUT2D eigenvalue weighted by molar-refractivity contribution is -0.121. The molecule has 0 radical (unpaired) electrons. The second kappa shape index (κ2) is 10.4. The molecule has 3 aromatic rings. The number of nitrogens with zero attached hydrogens (tertiary/aromatic N) is 3. The lowest BCUT2D eigenvalue weighted by atomic mass is 9.95. The smallest absolute Gasteiger partial charge is 0.278 e. The van der Waals surface area contributed by atoms with Gasteiger partial charge < -0.3 is 15.5 Å². The number of rotatable bonds is 6. The van der Waals surface area contributed by atoms with Crippen LogP contribution in [0.5, 0.6) is 0 Å². The Morgan fingerprint density at radius 1 is 1.09 bits per heavy atom. The van der Waals surface area contributed by atoms with Crippen LogP contribution in [0.25, 0.3) is 10.6 Å². The summed E-state index contributed by atoms with van der Waals surface area (Å²) in [6, 6.07) is 13.3. The van der Waals surface area contributed by atoms with Gasteiger partial charge in [-0.15, -0.1) is 0 Å². The zero-order valence-electron chi connectivity index (χ0n) is 18.5. The summed E-state index contributed by atoms with van der Waals surface area (Å²) in [7, 11) is 0. The first-order valence-corrected chi connectivity index (χ1v) is 12.1. The third kappa shape index (κ3) is 5.76. The molecular formula is C24H26ClN5O2S. The maximum atomic E-state index is 13.1. The van der Waals surface area contributed by atoms with Crippen LogP contribution in [0.4, 0.5) is 10.8 Å². The van der Waals surface area contributed by atoms with E-state index in [4.69, 9.17) is 11.6 Å². The predicted octanol–water partition coefficient (Wildman–Crippen LogP) is 5.17. The van der Waals surface area contributed by atoms with Crippen molar-refractivity contribution in [3.8, 4) is 10.6 Å². The van der Waals surface area contributed by atoms with Gasteiger partial charge in [-0.05, 0) is 51.9 Å². The Kier molecular flexibility index (Phi) is 7.37. The average Bonchev–Trinajstić information content (AvgIpc) is 3.25. The van der Waals surface area contributed by atoms with Crippen molar-refractivity contribution in [1.82, 2.24) is 14.9 Å². The van der Waals surface area contributed by atoms with Crippen molar-refractivity contribution in [2.45, 2.75) is 32.7 Å². The lowest BCUT2D eigenvalue weighted by Crippen LogP contribution is -2.41. The van der Waals surface area contributed by atoms with Crippen molar-refractivity contribution in [3.05, 3.63) is 59.4 Å². The molecule has 0 atom stereocenters. The van der Waals surface area contributed by atoms with Gasteiger partial charge in [-0.25, -0.2) is 9.97 Å². The van der Waals surface area contributed by atoms with Crippen molar-refractivity contribution in [1.29, 1.82) is 0 Å². The highest BCUT2D eigenvalue weighted by molar-refractivity contribution is 7.19. The number of carbonyl (C=O) groups is 2. The number of anilines is 2. The number of carbonyl (C=O) groups excluding carboxylic acids is 2. The van der Waals surface area contributed by atoms with Gasteiger partial charge in [0.25, 0.3) is 5.91 Å². The molecule has 172 valence electrons. The van der Waals surface area contributed by atoms with E-state index in [1.165, 1.54) is 17.5 Å². The van der Waals surface area contributed by atoms with Crippen LogP contribution in [0.2, 0.25) is 5.02 Å². The fraction of sp³-hybridized carbons (Fsp3) is 0.333. The SMILES string of the molecule is CC(C)N1CCC(C(=O)Nc2sc(-c3ccccc3)nc2C(=O)Nc2ccc(Cl)cn2)CC1. The van der Waals surface area contributed by atoms with Gasteiger partial charge in [0.05, 0.1) is 5.02 Å². The minimum Gasteiger partial charge on any atom is -0.315 e. The number of nitrogens with one attached hydrogen (secondary N) is 2. The van der Waals surface area contributed by atoms with Crippen LogP contribution in [-0.4, -0.2) is 45.8 Å². The molecule has 3 heterocycles. The number of hydrogen-bond donors (Lipinski definition) is 2. The molecule has 1 fully saturated rings. The van der Waals surface area contributed by atoms with Gasteiger partial charge in [0.15, 0.2) is 5.69 Å². The number of halogens is 1. The Labute approximate surface area is 202 Å². The van der Waals surface area contributed by atoms with E-state index in [-0.39, 0.29) is 17.5 Å². The number of thiazole rings is 1. The molecule has 33 heavy (non-hydrogen) atoms. The van der Waals surface area contributed by atoms with E-state index >= 15 is 0 Å². The number of piperidine rings is 1. The highest BCUT2D eigenvalue weighted by atomic mass is 35.5. The summed E-state index contributed by atoms with van der Waals surface area (Å²) in [4.78, 5) is 37.1. The number of pyridine rings is 1. The Morgan fingerprint density at radius 3 is 2.45 bits per heavy atom. The number of aromatic nitrogens is 2. The Morgan fingerprint density at radius 2 is 1.82 bits per heavy atom. The third-order valence-electron chi connectivity index (χ3n) is 5.70. The average molecular weight is 484 g/mol. The van der Waals surface area contributed by atoms with E-state index in [9.17, 15) is 9.59 Å². The van der Waals surface area contributed by atoms with Gasteiger partial charge >= 0.3 is 0 Å². The van der Waals surface area contributed by atoms with Crippen LogP contribution in [0.3, 0.4) is 0 Å². The summed E-state index contributed by atoms with van der Waals surface area (Å²) in [5.41, 5.74) is 1.05. The van der Waals surface area contributed by atoms with E-state index in [0.717, 1.165) is 31.5 Å². The molecule has 2 N–H and O–H groups in total. The number of amides is 2. The second-order valence-electron chi connectivity index (χ2n) is 8.27. The van der Waals surface area contributed by atoms with Crippen LogP contribution >= 0.6 is 22.9 Å². The van der Waals surface area contributed by atoms with Crippen LogP contribution in [0, 0.1) is 5.92 Å².